The first-order chi connectivity index (χ1) is 10.3. The van der Waals surface area contributed by atoms with Gasteiger partial charge in [-0.05, 0) is 49.9 Å². The average molecular weight is 319 g/mol. The fourth-order valence-electron chi connectivity index (χ4n) is 6.30. The molecule has 0 N–H and O–H groups in total. The lowest BCUT2D eigenvalue weighted by atomic mass is 9.53. The van der Waals surface area contributed by atoms with Crippen molar-refractivity contribution in [3.05, 3.63) is 24.5 Å². The molecule has 0 amide bonds. The topological polar surface area (TPSA) is 7.12 Å². The Hall–Kier alpha value is -0.760. The summed E-state index contributed by atoms with van der Waals surface area (Å²) in [6.07, 6.45) is 16.5. The second-order valence-corrected chi connectivity index (χ2v) is 8.30. The van der Waals surface area contributed by atoms with Gasteiger partial charge in [0, 0.05) is 50.2 Å². The van der Waals surface area contributed by atoms with E-state index in [0.29, 0.717) is 5.54 Å². The molecule has 4 aliphatic carbocycles. The molecule has 1 aromatic rings. The molecule has 6 rings (SSSR count). The summed E-state index contributed by atoms with van der Waals surface area (Å²) in [7, 11) is 0. The Kier molecular flexibility index (Phi) is 3.64. The predicted octanol–water partition coefficient (Wildman–Crippen LogP) is 0.504. The molecule has 1 aromatic heterocycles. The summed E-state index contributed by atoms with van der Waals surface area (Å²) in [6, 6.07) is 4.76. The molecule has 1 aliphatic heterocycles. The van der Waals surface area contributed by atoms with Crippen LogP contribution in [0, 0.1) is 17.8 Å². The van der Waals surface area contributed by atoms with Gasteiger partial charge >= 0.3 is 0 Å². The normalized spacial score (nSPS) is 39.1. The van der Waals surface area contributed by atoms with Gasteiger partial charge in [-0.25, -0.2) is 0 Å². The molecule has 0 radical (unpaired) electrons. The minimum absolute atomic E-state index is 0. The Morgan fingerprint density at radius 3 is 1.86 bits per heavy atom. The molecule has 5 fully saturated rings. The molecule has 2 nitrogen and oxygen atoms in total. The highest BCUT2D eigenvalue weighted by molar-refractivity contribution is 5.44. The van der Waals surface area contributed by atoms with Gasteiger partial charge in [0.25, 0.3) is 0 Å². The molecule has 0 unspecified atom stereocenters. The fraction of sp³-hybridized carbons (Fsp3) is 0.737. The molecule has 2 heterocycles. The van der Waals surface area contributed by atoms with Crippen LogP contribution in [0.5, 0.6) is 0 Å². The van der Waals surface area contributed by atoms with Crippen LogP contribution in [-0.2, 0) is 5.54 Å². The summed E-state index contributed by atoms with van der Waals surface area (Å²) in [6.45, 7) is 2.50. The third-order valence-corrected chi connectivity index (χ3v) is 6.84. The molecule has 0 atom stereocenters. The van der Waals surface area contributed by atoms with Crippen LogP contribution in [0.15, 0.2) is 24.5 Å². The van der Waals surface area contributed by atoms with Gasteiger partial charge in [0.15, 0.2) is 17.9 Å². The van der Waals surface area contributed by atoms with E-state index in [0.717, 1.165) is 17.8 Å². The molecule has 0 spiro atoms. The Morgan fingerprint density at radius 2 is 1.36 bits per heavy atom. The van der Waals surface area contributed by atoms with Crippen molar-refractivity contribution < 1.29 is 17.0 Å². The molecule has 4 bridgehead atoms. The maximum atomic E-state index is 2.61. The highest BCUT2D eigenvalue weighted by Crippen LogP contribution is 2.56. The minimum atomic E-state index is 0. The third-order valence-electron chi connectivity index (χ3n) is 6.84. The minimum Gasteiger partial charge on any atom is -1.00 e. The quantitative estimate of drug-likeness (QED) is 0.721. The van der Waals surface area contributed by atoms with Gasteiger partial charge in [-0.3, -0.25) is 0 Å². The van der Waals surface area contributed by atoms with Crippen molar-refractivity contribution in [2.75, 3.05) is 18.0 Å². The van der Waals surface area contributed by atoms with Crippen LogP contribution in [-0.4, -0.2) is 13.1 Å². The molecule has 120 valence electrons. The van der Waals surface area contributed by atoms with E-state index in [2.05, 4.69) is 34.0 Å². The zero-order valence-corrected chi connectivity index (χ0v) is 14.1. The SMILES string of the molecule is [Cl-].c1c[n+](C23CC4CC(CC(C4)C2)C3)ccc1N1CCCC1. The van der Waals surface area contributed by atoms with Gasteiger partial charge in [-0.2, -0.15) is 4.57 Å². The number of hydrogen-bond donors (Lipinski definition) is 0. The van der Waals surface area contributed by atoms with Gasteiger partial charge in [-0.1, -0.05) is 0 Å². The highest BCUT2D eigenvalue weighted by atomic mass is 35.5. The van der Waals surface area contributed by atoms with E-state index in [1.54, 1.807) is 0 Å². The first kappa shape index (κ1) is 14.8. The van der Waals surface area contributed by atoms with Crippen LogP contribution in [0.1, 0.15) is 51.4 Å². The number of hydrogen-bond acceptors (Lipinski definition) is 1. The van der Waals surface area contributed by atoms with E-state index < -0.39 is 0 Å². The van der Waals surface area contributed by atoms with Crippen LogP contribution >= 0.6 is 0 Å². The summed E-state index contributed by atoms with van der Waals surface area (Å²) in [5.74, 6) is 3.09. The highest BCUT2D eigenvalue weighted by Gasteiger charge is 2.56. The lowest BCUT2D eigenvalue weighted by Gasteiger charge is -2.53. The molecular weight excluding hydrogens is 292 g/mol. The lowest BCUT2D eigenvalue weighted by Crippen LogP contribution is -3.00. The van der Waals surface area contributed by atoms with Crippen molar-refractivity contribution in [2.24, 2.45) is 17.8 Å². The number of pyridine rings is 1. The summed E-state index contributed by atoms with van der Waals surface area (Å²) < 4.78 is 2.61. The maximum Gasteiger partial charge on any atom is 0.171 e. The van der Waals surface area contributed by atoms with Crippen molar-refractivity contribution in [3.63, 3.8) is 0 Å². The van der Waals surface area contributed by atoms with Crippen LogP contribution in [0.2, 0.25) is 0 Å². The fourth-order valence-corrected chi connectivity index (χ4v) is 6.30. The summed E-state index contributed by atoms with van der Waals surface area (Å²) in [5, 5.41) is 0. The molecule has 4 saturated carbocycles. The Morgan fingerprint density at radius 1 is 0.864 bits per heavy atom. The second-order valence-electron chi connectivity index (χ2n) is 8.30. The third kappa shape index (κ3) is 2.26. The summed E-state index contributed by atoms with van der Waals surface area (Å²) in [5.41, 5.74) is 1.92. The average Bonchev–Trinajstić information content (AvgIpc) is 3.00. The van der Waals surface area contributed by atoms with Crippen molar-refractivity contribution in [1.29, 1.82) is 0 Å². The molecule has 5 aliphatic rings. The van der Waals surface area contributed by atoms with Crippen molar-refractivity contribution in [2.45, 2.75) is 56.9 Å². The zero-order valence-electron chi connectivity index (χ0n) is 13.4. The summed E-state index contributed by atoms with van der Waals surface area (Å²) in [4.78, 5) is 2.55. The maximum absolute atomic E-state index is 2.61. The molecule has 3 heteroatoms. The number of nitrogens with zero attached hydrogens (tertiary/aromatic N) is 2. The van der Waals surface area contributed by atoms with Gasteiger partial charge in [0.1, 0.15) is 0 Å². The van der Waals surface area contributed by atoms with Crippen LogP contribution < -0.4 is 21.9 Å². The molecule has 1 saturated heterocycles. The van der Waals surface area contributed by atoms with E-state index in [1.807, 2.05) is 0 Å². The molecular formula is C19H27ClN2. The van der Waals surface area contributed by atoms with E-state index in [-0.39, 0.29) is 12.4 Å². The number of anilines is 1. The first-order valence-electron chi connectivity index (χ1n) is 9.07. The van der Waals surface area contributed by atoms with Crippen molar-refractivity contribution in [1.82, 2.24) is 0 Å². The second kappa shape index (κ2) is 5.40. The Balaban J connectivity index is 0.00000125. The first-order valence-corrected chi connectivity index (χ1v) is 9.07. The Labute approximate surface area is 140 Å². The molecule has 22 heavy (non-hydrogen) atoms. The van der Waals surface area contributed by atoms with Crippen LogP contribution in [0.25, 0.3) is 0 Å². The van der Waals surface area contributed by atoms with Gasteiger partial charge < -0.3 is 17.3 Å². The standard InChI is InChI=1S/C19H27N2.ClH/c1-2-6-20(5-1)18-3-7-21(8-4-18)19-12-15-9-16(13-19)11-17(10-15)14-19;/h3-4,7-8,15-17H,1-2,5-6,9-14H2;1H/q+1;/p-1. The monoisotopic (exact) mass is 318 g/mol. The molecule has 0 aromatic carbocycles. The number of aromatic nitrogens is 1. The summed E-state index contributed by atoms with van der Waals surface area (Å²) >= 11 is 0. The van der Waals surface area contributed by atoms with Crippen molar-refractivity contribution in [3.8, 4) is 0 Å². The number of halogens is 1. The van der Waals surface area contributed by atoms with E-state index >= 15 is 0 Å². The van der Waals surface area contributed by atoms with Crippen LogP contribution in [0.4, 0.5) is 5.69 Å². The van der Waals surface area contributed by atoms with E-state index in [4.69, 9.17) is 0 Å². The predicted molar refractivity (Wildman–Crippen MR) is 84.2 cm³/mol. The Bertz CT molecular complexity index is 498. The lowest BCUT2D eigenvalue weighted by molar-refractivity contribution is -0.776. The van der Waals surface area contributed by atoms with E-state index in [9.17, 15) is 0 Å². The van der Waals surface area contributed by atoms with Crippen LogP contribution in [0.3, 0.4) is 0 Å². The zero-order chi connectivity index (χ0) is 13.9. The van der Waals surface area contributed by atoms with Gasteiger partial charge in [-0.15, -0.1) is 0 Å². The van der Waals surface area contributed by atoms with Gasteiger partial charge in [0.05, 0.1) is 0 Å². The van der Waals surface area contributed by atoms with Gasteiger partial charge in [0.2, 0.25) is 0 Å². The number of rotatable bonds is 2. The van der Waals surface area contributed by atoms with Crippen molar-refractivity contribution >= 4 is 5.69 Å². The van der Waals surface area contributed by atoms with E-state index in [1.165, 1.54) is 70.1 Å². The largest absolute Gasteiger partial charge is 1.00 e. The smallest absolute Gasteiger partial charge is 0.171 e.